The van der Waals surface area contributed by atoms with E-state index in [1.807, 2.05) is 65.5 Å². The minimum absolute atomic E-state index is 0.849. The highest BCUT2D eigenvalue weighted by Crippen LogP contribution is 2.25. The first-order valence-corrected chi connectivity index (χ1v) is 8.39. The molecule has 0 atom stereocenters. The minimum Gasteiger partial charge on any atom is -0.240 e. The van der Waals surface area contributed by atoms with Crippen LogP contribution < -0.4 is 0 Å². The molecule has 7 heteroatoms. The fourth-order valence-electron chi connectivity index (χ4n) is 2.44. The van der Waals surface area contributed by atoms with E-state index >= 15 is 0 Å². The maximum atomic E-state index is 4.76. The highest BCUT2D eigenvalue weighted by atomic mass is 79.9. The van der Waals surface area contributed by atoms with Crippen molar-refractivity contribution in [3.8, 4) is 16.9 Å². The van der Waals surface area contributed by atoms with Crippen LogP contribution in [0.2, 0.25) is 0 Å². The van der Waals surface area contributed by atoms with E-state index < -0.39 is 0 Å². The average molecular weight is 393 g/mol. The molecule has 0 amide bonds. The molecule has 122 valence electrons. The Labute approximate surface area is 152 Å². The molecule has 2 aromatic heterocycles. The van der Waals surface area contributed by atoms with E-state index in [4.69, 9.17) is 5.10 Å². The summed E-state index contributed by atoms with van der Waals surface area (Å²) in [6, 6.07) is 18.0. The van der Waals surface area contributed by atoms with E-state index in [0.717, 1.165) is 27.0 Å². The zero-order valence-electron chi connectivity index (χ0n) is 13.1. The third-order valence-electron chi connectivity index (χ3n) is 3.60. The lowest BCUT2D eigenvalue weighted by Gasteiger charge is -2.01. The number of para-hydroxylation sites is 1. The number of rotatable bonds is 4. The first-order valence-electron chi connectivity index (χ1n) is 7.59. The van der Waals surface area contributed by atoms with Gasteiger partial charge in [0, 0.05) is 21.8 Å². The normalized spacial score (nSPS) is 11.2. The Balaban J connectivity index is 1.81. The molecule has 0 saturated heterocycles. The van der Waals surface area contributed by atoms with Crippen molar-refractivity contribution in [2.45, 2.75) is 0 Å². The van der Waals surface area contributed by atoms with E-state index in [0.29, 0.717) is 0 Å². The maximum absolute atomic E-state index is 4.76. The Morgan fingerprint density at radius 2 is 1.76 bits per heavy atom. The number of hydrogen-bond donors (Lipinski definition) is 0. The highest BCUT2D eigenvalue weighted by molar-refractivity contribution is 9.10. The molecule has 4 aromatic rings. The Morgan fingerprint density at radius 3 is 2.52 bits per heavy atom. The van der Waals surface area contributed by atoms with Crippen LogP contribution in [0.4, 0.5) is 0 Å². The van der Waals surface area contributed by atoms with Crippen LogP contribution in [-0.2, 0) is 0 Å². The summed E-state index contributed by atoms with van der Waals surface area (Å²) in [6.45, 7) is 0. The van der Waals surface area contributed by atoms with Crippen molar-refractivity contribution < 1.29 is 0 Å². The van der Waals surface area contributed by atoms with Crippen molar-refractivity contribution in [3.05, 3.63) is 83.5 Å². The molecule has 2 aromatic carbocycles. The van der Waals surface area contributed by atoms with Gasteiger partial charge in [0.15, 0.2) is 0 Å². The van der Waals surface area contributed by atoms with Crippen LogP contribution in [0, 0.1) is 0 Å². The Bertz CT molecular complexity index is 1010. The summed E-state index contributed by atoms with van der Waals surface area (Å²) >= 11 is 3.52. The smallest absolute Gasteiger partial charge is 0.141 e. The summed E-state index contributed by atoms with van der Waals surface area (Å²) < 4.78 is 4.40. The Morgan fingerprint density at radius 1 is 0.960 bits per heavy atom. The van der Waals surface area contributed by atoms with Crippen LogP contribution in [-0.4, -0.2) is 30.9 Å². The first kappa shape index (κ1) is 15.5. The Hall–Kier alpha value is -3.06. The summed E-state index contributed by atoms with van der Waals surface area (Å²) in [5.74, 6) is 0. The molecule has 25 heavy (non-hydrogen) atoms. The van der Waals surface area contributed by atoms with E-state index in [-0.39, 0.29) is 0 Å². The lowest BCUT2D eigenvalue weighted by Crippen LogP contribution is -1.93. The SMILES string of the molecule is Brc1cccc(-c2nn(-c3ccccc3)cc2/C=N\n2cnnc2)c1. The van der Waals surface area contributed by atoms with Gasteiger partial charge in [0.05, 0.1) is 11.9 Å². The van der Waals surface area contributed by atoms with E-state index in [1.54, 1.807) is 10.9 Å². The standard InChI is InChI=1S/C18H13BrN6/c19-16-6-4-5-14(9-16)18-15(10-22-24-12-20-21-13-24)11-25(23-18)17-7-2-1-3-8-17/h1-13H/b22-10-. The second kappa shape index (κ2) is 6.82. The van der Waals surface area contributed by atoms with Gasteiger partial charge in [0.1, 0.15) is 18.3 Å². The van der Waals surface area contributed by atoms with Crippen LogP contribution >= 0.6 is 15.9 Å². The maximum Gasteiger partial charge on any atom is 0.141 e. The van der Waals surface area contributed by atoms with Gasteiger partial charge < -0.3 is 0 Å². The number of benzene rings is 2. The third-order valence-corrected chi connectivity index (χ3v) is 4.09. The molecule has 0 fully saturated rings. The highest BCUT2D eigenvalue weighted by Gasteiger charge is 2.11. The predicted molar refractivity (Wildman–Crippen MR) is 99.7 cm³/mol. The summed E-state index contributed by atoms with van der Waals surface area (Å²) in [6.07, 6.45) is 6.79. The lowest BCUT2D eigenvalue weighted by atomic mass is 10.1. The van der Waals surface area contributed by atoms with Crippen LogP contribution in [0.3, 0.4) is 0 Å². The molecule has 0 bridgehead atoms. The molecule has 0 aliphatic carbocycles. The fourth-order valence-corrected chi connectivity index (χ4v) is 2.84. The molecule has 4 rings (SSSR count). The largest absolute Gasteiger partial charge is 0.240 e. The second-order valence-electron chi connectivity index (χ2n) is 5.31. The molecular formula is C18H13BrN6. The topological polar surface area (TPSA) is 60.9 Å². The van der Waals surface area contributed by atoms with Gasteiger partial charge in [-0.05, 0) is 24.3 Å². The van der Waals surface area contributed by atoms with Gasteiger partial charge >= 0.3 is 0 Å². The zero-order valence-corrected chi connectivity index (χ0v) is 14.7. The molecule has 0 radical (unpaired) electrons. The molecule has 6 nitrogen and oxygen atoms in total. The number of aromatic nitrogens is 5. The van der Waals surface area contributed by atoms with E-state index in [1.165, 1.54) is 12.7 Å². The van der Waals surface area contributed by atoms with E-state index in [9.17, 15) is 0 Å². The lowest BCUT2D eigenvalue weighted by molar-refractivity contribution is 0.877. The van der Waals surface area contributed by atoms with Gasteiger partial charge in [-0.1, -0.05) is 46.3 Å². The minimum atomic E-state index is 0.849. The summed E-state index contributed by atoms with van der Waals surface area (Å²) in [4.78, 5) is 0. The van der Waals surface area contributed by atoms with Gasteiger partial charge in [-0.15, -0.1) is 10.2 Å². The van der Waals surface area contributed by atoms with Crippen molar-refractivity contribution >= 4 is 22.1 Å². The van der Waals surface area contributed by atoms with Crippen LogP contribution in [0.1, 0.15) is 5.56 Å². The summed E-state index contributed by atoms with van der Waals surface area (Å²) in [5, 5.41) is 16.6. The molecule has 0 aliphatic heterocycles. The predicted octanol–water partition coefficient (Wildman–Crippen LogP) is 3.78. The van der Waals surface area contributed by atoms with Gasteiger partial charge in [0.2, 0.25) is 0 Å². The van der Waals surface area contributed by atoms with Gasteiger partial charge in [-0.3, -0.25) is 0 Å². The number of hydrogen-bond acceptors (Lipinski definition) is 4. The fraction of sp³-hybridized carbons (Fsp3) is 0. The van der Waals surface area contributed by atoms with Gasteiger partial charge in [-0.2, -0.15) is 10.2 Å². The summed E-state index contributed by atoms with van der Waals surface area (Å²) in [5.41, 5.74) is 3.74. The average Bonchev–Trinajstić information content (AvgIpc) is 3.30. The molecule has 0 unspecified atom stereocenters. The second-order valence-corrected chi connectivity index (χ2v) is 6.23. The molecular weight excluding hydrogens is 380 g/mol. The number of nitrogens with zero attached hydrogens (tertiary/aromatic N) is 6. The molecule has 0 spiro atoms. The van der Waals surface area contributed by atoms with Crippen molar-refractivity contribution in [2.24, 2.45) is 5.10 Å². The molecule has 0 aliphatic rings. The van der Waals surface area contributed by atoms with Crippen molar-refractivity contribution in [2.75, 3.05) is 0 Å². The molecule has 0 N–H and O–H groups in total. The first-order chi connectivity index (χ1) is 12.3. The summed E-state index contributed by atoms with van der Waals surface area (Å²) in [7, 11) is 0. The monoisotopic (exact) mass is 392 g/mol. The van der Waals surface area contributed by atoms with Gasteiger partial charge in [0.25, 0.3) is 0 Å². The third kappa shape index (κ3) is 3.41. The molecule has 2 heterocycles. The number of halogens is 1. The Kier molecular flexibility index (Phi) is 4.22. The van der Waals surface area contributed by atoms with Crippen LogP contribution in [0.25, 0.3) is 16.9 Å². The zero-order chi connectivity index (χ0) is 17.1. The quantitative estimate of drug-likeness (QED) is 0.496. The van der Waals surface area contributed by atoms with E-state index in [2.05, 4.69) is 31.2 Å². The molecule has 0 saturated carbocycles. The van der Waals surface area contributed by atoms with Crippen molar-refractivity contribution in [1.82, 2.24) is 24.7 Å². The van der Waals surface area contributed by atoms with Crippen molar-refractivity contribution in [3.63, 3.8) is 0 Å². The van der Waals surface area contributed by atoms with Gasteiger partial charge in [-0.25, -0.2) is 9.36 Å². The van der Waals surface area contributed by atoms with Crippen LogP contribution in [0.15, 0.2) is 83.0 Å². The van der Waals surface area contributed by atoms with Crippen molar-refractivity contribution in [1.29, 1.82) is 0 Å². The van der Waals surface area contributed by atoms with Crippen LogP contribution in [0.5, 0.6) is 0 Å².